The van der Waals surface area contributed by atoms with Crippen LogP contribution in [-0.2, 0) is 0 Å². The molecule has 0 fully saturated rings. The molecule has 0 saturated heterocycles. The van der Waals surface area contributed by atoms with Crippen molar-refractivity contribution in [3.05, 3.63) is 53.6 Å². The van der Waals surface area contributed by atoms with E-state index in [-0.39, 0.29) is 10.7 Å². The molecule has 0 saturated carbocycles. The third-order valence-corrected chi connectivity index (χ3v) is 3.80. The lowest BCUT2D eigenvalue weighted by molar-refractivity contribution is 0.460. The maximum Gasteiger partial charge on any atom is 0.162 e. The number of nitrogens with two attached hydrogens (primary N) is 1. The average Bonchev–Trinajstić information content (AvgIpc) is 2.43. The van der Waals surface area contributed by atoms with Crippen LogP contribution in [0.15, 0.2) is 41.3 Å². The van der Waals surface area contributed by atoms with Gasteiger partial charge in [-0.1, -0.05) is 25.2 Å². The topological polar surface area (TPSA) is 35.2 Å². The van der Waals surface area contributed by atoms with E-state index in [1.54, 1.807) is 23.9 Å². The van der Waals surface area contributed by atoms with Gasteiger partial charge in [-0.3, -0.25) is 0 Å². The molecule has 21 heavy (non-hydrogen) atoms. The van der Waals surface area contributed by atoms with Crippen molar-refractivity contribution in [2.45, 2.75) is 11.8 Å². The molecule has 0 atom stereocenters. The SMILES string of the molecule is CCSc1cccc(Oc2ccc(F)c(F)c2)c1C(N)=S. The molecule has 0 aliphatic carbocycles. The first kappa shape index (κ1) is 15.7. The summed E-state index contributed by atoms with van der Waals surface area (Å²) in [4.78, 5) is 1.09. The molecule has 2 aromatic rings. The van der Waals surface area contributed by atoms with Gasteiger partial charge in [0.15, 0.2) is 11.6 Å². The summed E-state index contributed by atoms with van der Waals surface area (Å²) in [5.74, 6) is -0.433. The number of rotatable bonds is 5. The Bertz CT molecular complexity index is 677. The van der Waals surface area contributed by atoms with Crippen molar-refractivity contribution in [2.75, 3.05) is 5.75 Å². The van der Waals surface area contributed by atoms with Gasteiger partial charge in [-0.25, -0.2) is 8.78 Å². The maximum absolute atomic E-state index is 13.2. The van der Waals surface area contributed by atoms with Gasteiger partial charge >= 0.3 is 0 Å². The van der Waals surface area contributed by atoms with Crippen molar-refractivity contribution >= 4 is 29.0 Å². The van der Waals surface area contributed by atoms with Crippen LogP contribution >= 0.6 is 24.0 Å². The zero-order valence-corrected chi connectivity index (χ0v) is 12.9. The number of hydrogen-bond acceptors (Lipinski definition) is 3. The zero-order valence-electron chi connectivity index (χ0n) is 11.2. The van der Waals surface area contributed by atoms with Crippen LogP contribution < -0.4 is 10.5 Å². The summed E-state index contributed by atoms with van der Waals surface area (Å²) in [7, 11) is 0. The largest absolute Gasteiger partial charge is 0.456 e. The number of hydrogen-bond donors (Lipinski definition) is 1. The molecule has 110 valence electrons. The monoisotopic (exact) mass is 325 g/mol. The predicted molar refractivity (Wildman–Crippen MR) is 85.2 cm³/mol. The minimum Gasteiger partial charge on any atom is -0.456 e. The van der Waals surface area contributed by atoms with E-state index >= 15 is 0 Å². The van der Waals surface area contributed by atoms with Crippen molar-refractivity contribution in [3.63, 3.8) is 0 Å². The van der Waals surface area contributed by atoms with Crippen LogP contribution in [0.25, 0.3) is 0 Å². The molecule has 2 nitrogen and oxygen atoms in total. The minimum absolute atomic E-state index is 0.185. The first-order valence-corrected chi connectivity index (χ1v) is 7.60. The molecule has 0 amide bonds. The standard InChI is InChI=1S/C15H13F2NOS2/c1-2-21-13-5-3-4-12(14(13)15(18)20)19-9-6-7-10(16)11(17)8-9/h3-8H,2H2,1H3,(H2,18,20). The Morgan fingerprint density at radius 3 is 2.62 bits per heavy atom. The molecule has 2 rings (SSSR count). The Hall–Kier alpha value is -1.66. The molecule has 2 aromatic carbocycles. The summed E-state index contributed by atoms with van der Waals surface area (Å²) in [6, 6.07) is 8.72. The normalized spacial score (nSPS) is 10.4. The fourth-order valence-corrected chi connectivity index (χ4v) is 2.90. The zero-order chi connectivity index (χ0) is 15.4. The van der Waals surface area contributed by atoms with E-state index in [0.29, 0.717) is 11.3 Å². The van der Waals surface area contributed by atoms with Crippen LogP contribution in [0.4, 0.5) is 8.78 Å². The molecule has 2 N–H and O–H groups in total. The average molecular weight is 325 g/mol. The van der Waals surface area contributed by atoms with Gasteiger partial charge in [0.1, 0.15) is 16.5 Å². The van der Waals surface area contributed by atoms with Gasteiger partial charge in [-0.15, -0.1) is 11.8 Å². The van der Waals surface area contributed by atoms with Crippen molar-refractivity contribution in [1.82, 2.24) is 0 Å². The van der Waals surface area contributed by atoms with E-state index < -0.39 is 11.6 Å². The Kier molecular flexibility index (Phi) is 5.14. The summed E-state index contributed by atoms with van der Waals surface area (Å²) in [5, 5.41) is 0. The third kappa shape index (κ3) is 3.71. The molecule has 0 aliphatic heterocycles. The summed E-state index contributed by atoms with van der Waals surface area (Å²) in [6.07, 6.45) is 0. The van der Waals surface area contributed by atoms with Crippen LogP contribution in [0.3, 0.4) is 0 Å². The fourth-order valence-electron chi connectivity index (χ4n) is 1.78. The second-order valence-corrected chi connectivity index (χ2v) is 5.85. The number of thiocarbonyl (C=S) groups is 1. The van der Waals surface area contributed by atoms with Crippen LogP contribution in [0.2, 0.25) is 0 Å². The molecule has 0 aromatic heterocycles. The summed E-state index contributed by atoms with van der Waals surface area (Å²) in [6.45, 7) is 2.01. The van der Waals surface area contributed by atoms with E-state index in [0.717, 1.165) is 22.8 Å². The van der Waals surface area contributed by atoms with E-state index in [9.17, 15) is 8.78 Å². The lowest BCUT2D eigenvalue weighted by atomic mass is 10.2. The quantitative estimate of drug-likeness (QED) is 0.648. The predicted octanol–water partition coefficient (Wildman–Crippen LogP) is 4.50. The molecule has 6 heteroatoms. The van der Waals surface area contributed by atoms with E-state index in [4.69, 9.17) is 22.7 Å². The third-order valence-electron chi connectivity index (χ3n) is 2.65. The molecule has 0 radical (unpaired) electrons. The number of thioether (sulfide) groups is 1. The van der Waals surface area contributed by atoms with Crippen molar-refractivity contribution in [3.8, 4) is 11.5 Å². The second kappa shape index (κ2) is 6.87. The van der Waals surface area contributed by atoms with Crippen molar-refractivity contribution in [2.24, 2.45) is 5.73 Å². The molecule has 0 aliphatic rings. The van der Waals surface area contributed by atoms with E-state index in [1.807, 2.05) is 13.0 Å². The lowest BCUT2D eigenvalue weighted by Crippen LogP contribution is -2.12. The molecular weight excluding hydrogens is 312 g/mol. The Morgan fingerprint density at radius 1 is 1.24 bits per heavy atom. The van der Waals surface area contributed by atoms with Gasteiger partial charge in [0, 0.05) is 11.0 Å². The number of halogens is 2. The Morgan fingerprint density at radius 2 is 2.00 bits per heavy atom. The van der Waals surface area contributed by atoms with E-state index in [2.05, 4.69) is 0 Å². The highest BCUT2D eigenvalue weighted by Crippen LogP contribution is 2.33. The fraction of sp³-hybridized carbons (Fsp3) is 0.133. The summed E-state index contributed by atoms with van der Waals surface area (Å²) < 4.78 is 31.8. The minimum atomic E-state index is -0.969. The first-order chi connectivity index (χ1) is 10.0. The summed E-state index contributed by atoms with van der Waals surface area (Å²) in [5.41, 5.74) is 6.36. The van der Waals surface area contributed by atoms with Crippen molar-refractivity contribution in [1.29, 1.82) is 0 Å². The van der Waals surface area contributed by atoms with Crippen LogP contribution in [0, 0.1) is 11.6 Å². The smallest absolute Gasteiger partial charge is 0.162 e. The van der Waals surface area contributed by atoms with Crippen LogP contribution in [0.1, 0.15) is 12.5 Å². The van der Waals surface area contributed by atoms with Crippen LogP contribution in [0.5, 0.6) is 11.5 Å². The van der Waals surface area contributed by atoms with Gasteiger partial charge in [0.05, 0.1) is 5.56 Å². The van der Waals surface area contributed by atoms with E-state index in [1.165, 1.54) is 6.07 Å². The highest BCUT2D eigenvalue weighted by atomic mass is 32.2. The second-order valence-electron chi connectivity index (χ2n) is 4.10. The van der Waals surface area contributed by atoms with Gasteiger partial charge in [0.25, 0.3) is 0 Å². The molecule has 0 spiro atoms. The Balaban J connectivity index is 2.41. The number of benzene rings is 2. The highest BCUT2D eigenvalue weighted by Gasteiger charge is 2.14. The highest BCUT2D eigenvalue weighted by molar-refractivity contribution is 7.99. The van der Waals surface area contributed by atoms with Gasteiger partial charge in [-0.05, 0) is 30.0 Å². The summed E-state index contributed by atoms with van der Waals surface area (Å²) >= 11 is 6.64. The van der Waals surface area contributed by atoms with Crippen LogP contribution in [-0.4, -0.2) is 10.7 Å². The first-order valence-electron chi connectivity index (χ1n) is 6.21. The molecule has 0 unspecified atom stereocenters. The van der Waals surface area contributed by atoms with Gasteiger partial charge in [0.2, 0.25) is 0 Å². The molecule has 0 bridgehead atoms. The maximum atomic E-state index is 13.2. The Labute approximate surface area is 131 Å². The lowest BCUT2D eigenvalue weighted by Gasteiger charge is -2.14. The van der Waals surface area contributed by atoms with Gasteiger partial charge in [-0.2, -0.15) is 0 Å². The molecular formula is C15H13F2NOS2. The molecule has 0 heterocycles. The van der Waals surface area contributed by atoms with Gasteiger partial charge < -0.3 is 10.5 Å². The number of ether oxygens (including phenoxy) is 1. The van der Waals surface area contributed by atoms with Crippen molar-refractivity contribution < 1.29 is 13.5 Å².